The van der Waals surface area contributed by atoms with Gasteiger partial charge < -0.3 is 0 Å². The van der Waals surface area contributed by atoms with Crippen molar-refractivity contribution in [1.82, 2.24) is 9.78 Å². The Hall–Kier alpha value is -1.76. The largest absolute Gasteiger partial charge is 0.268 e. The van der Waals surface area contributed by atoms with Gasteiger partial charge in [-0.05, 0) is 58.0 Å². The fraction of sp³-hybridized carbons (Fsp3) is 0.0625. The molecule has 0 saturated carbocycles. The van der Waals surface area contributed by atoms with Crippen LogP contribution in [-0.4, -0.2) is 9.78 Å². The van der Waals surface area contributed by atoms with Gasteiger partial charge in [0.2, 0.25) is 0 Å². The predicted molar refractivity (Wildman–Crippen MR) is 85.8 cm³/mol. The average Bonchev–Trinajstić information content (AvgIpc) is 2.92. The molecule has 0 bridgehead atoms. The Balaban J connectivity index is 1.81. The zero-order valence-corrected chi connectivity index (χ0v) is 13.1. The second-order valence-corrected chi connectivity index (χ2v) is 5.93. The molecule has 0 spiro atoms. The van der Waals surface area contributed by atoms with Crippen molar-refractivity contribution in [3.63, 3.8) is 0 Å². The molecule has 0 N–H and O–H groups in total. The molecular formula is C16H11F2IN2. The zero-order chi connectivity index (χ0) is 14.8. The summed E-state index contributed by atoms with van der Waals surface area (Å²) in [7, 11) is 0. The third-order valence-electron chi connectivity index (χ3n) is 3.14. The Labute approximate surface area is 134 Å². The first-order valence-corrected chi connectivity index (χ1v) is 7.42. The maximum absolute atomic E-state index is 13.2. The van der Waals surface area contributed by atoms with E-state index in [1.165, 1.54) is 9.64 Å². The lowest BCUT2D eigenvalue weighted by Crippen LogP contribution is -2.00. The second kappa shape index (κ2) is 5.93. The SMILES string of the molecule is Fc1ccc(Cn2cc(-c3ccc(I)cc3)cn2)cc1F. The molecule has 0 aliphatic rings. The van der Waals surface area contributed by atoms with Crippen LogP contribution in [0.3, 0.4) is 0 Å². The van der Waals surface area contributed by atoms with Crippen molar-refractivity contribution in [1.29, 1.82) is 0 Å². The Morgan fingerprint density at radius 1 is 0.952 bits per heavy atom. The zero-order valence-electron chi connectivity index (χ0n) is 10.9. The summed E-state index contributed by atoms with van der Waals surface area (Å²) in [5, 5.41) is 4.26. The number of hydrogen-bond donors (Lipinski definition) is 0. The van der Waals surface area contributed by atoms with Crippen LogP contribution in [0.15, 0.2) is 54.9 Å². The molecule has 2 aromatic carbocycles. The van der Waals surface area contributed by atoms with E-state index in [1.54, 1.807) is 16.9 Å². The number of hydrogen-bond acceptors (Lipinski definition) is 1. The summed E-state index contributed by atoms with van der Waals surface area (Å²) in [5.41, 5.74) is 2.74. The molecule has 0 atom stereocenters. The number of rotatable bonds is 3. The number of benzene rings is 2. The normalized spacial score (nSPS) is 10.8. The van der Waals surface area contributed by atoms with Crippen LogP contribution in [0.4, 0.5) is 8.78 Å². The maximum atomic E-state index is 13.2. The van der Waals surface area contributed by atoms with Crippen LogP contribution in [0.25, 0.3) is 11.1 Å². The summed E-state index contributed by atoms with van der Waals surface area (Å²) in [4.78, 5) is 0. The molecule has 5 heteroatoms. The van der Waals surface area contributed by atoms with E-state index in [1.807, 2.05) is 30.5 Å². The van der Waals surface area contributed by atoms with Gasteiger partial charge in [0.15, 0.2) is 11.6 Å². The van der Waals surface area contributed by atoms with Crippen molar-refractivity contribution in [2.45, 2.75) is 6.54 Å². The van der Waals surface area contributed by atoms with Gasteiger partial charge in [0.1, 0.15) is 0 Å². The summed E-state index contributed by atoms with van der Waals surface area (Å²) >= 11 is 2.25. The lowest BCUT2D eigenvalue weighted by atomic mass is 10.1. The first-order chi connectivity index (χ1) is 10.1. The molecule has 1 heterocycles. The van der Waals surface area contributed by atoms with Crippen LogP contribution in [0.2, 0.25) is 0 Å². The van der Waals surface area contributed by atoms with Gasteiger partial charge in [0.25, 0.3) is 0 Å². The van der Waals surface area contributed by atoms with Crippen LogP contribution in [0.5, 0.6) is 0 Å². The van der Waals surface area contributed by atoms with Crippen molar-refractivity contribution in [2.24, 2.45) is 0 Å². The van der Waals surface area contributed by atoms with Gasteiger partial charge in [-0.2, -0.15) is 5.10 Å². The minimum absolute atomic E-state index is 0.404. The molecule has 0 aliphatic carbocycles. The van der Waals surface area contributed by atoms with Crippen molar-refractivity contribution in [2.75, 3.05) is 0 Å². The van der Waals surface area contributed by atoms with E-state index in [2.05, 4.69) is 27.7 Å². The van der Waals surface area contributed by atoms with E-state index >= 15 is 0 Å². The van der Waals surface area contributed by atoms with E-state index in [4.69, 9.17) is 0 Å². The van der Waals surface area contributed by atoms with E-state index in [0.717, 1.165) is 17.2 Å². The molecule has 0 aliphatic heterocycles. The van der Waals surface area contributed by atoms with Crippen LogP contribution in [0, 0.1) is 15.2 Å². The summed E-state index contributed by atoms with van der Waals surface area (Å²) in [6.07, 6.45) is 3.66. The fourth-order valence-electron chi connectivity index (χ4n) is 2.07. The highest BCUT2D eigenvalue weighted by Crippen LogP contribution is 2.20. The highest BCUT2D eigenvalue weighted by atomic mass is 127. The van der Waals surface area contributed by atoms with Crippen LogP contribution in [-0.2, 0) is 6.54 Å². The Morgan fingerprint density at radius 3 is 2.43 bits per heavy atom. The highest BCUT2D eigenvalue weighted by molar-refractivity contribution is 14.1. The lowest BCUT2D eigenvalue weighted by molar-refractivity contribution is 0.506. The summed E-state index contributed by atoms with van der Waals surface area (Å²) in [5.74, 6) is -1.67. The standard InChI is InChI=1S/C16H11F2IN2/c17-15-6-1-11(7-16(15)18)9-21-10-13(8-20-21)12-2-4-14(19)5-3-12/h1-8,10H,9H2. The first kappa shape index (κ1) is 14.2. The summed E-state index contributed by atoms with van der Waals surface area (Å²) < 4.78 is 29.0. The first-order valence-electron chi connectivity index (χ1n) is 6.34. The predicted octanol–water partition coefficient (Wildman–Crippen LogP) is 4.48. The Kier molecular flexibility index (Phi) is 4.01. The molecule has 0 amide bonds. The third kappa shape index (κ3) is 3.29. The Bertz CT molecular complexity index is 766. The number of aromatic nitrogens is 2. The summed E-state index contributed by atoms with van der Waals surface area (Å²) in [6, 6.07) is 12.0. The number of halogens is 3. The van der Waals surface area contributed by atoms with Crippen molar-refractivity contribution < 1.29 is 8.78 Å². The fourth-order valence-corrected chi connectivity index (χ4v) is 2.43. The second-order valence-electron chi connectivity index (χ2n) is 4.68. The molecule has 0 saturated heterocycles. The molecular weight excluding hydrogens is 385 g/mol. The van der Waals surface area contributed by atoms with Crippen molar-refractivity contribution in [3.05, 3.63) is 75.6 Å². The van der Waals surface area contributed by atoms with Gasteiger partial charge in [-0.1, -0.05) is 18.2 Å². The highest BCUT2D eigenvalue weighted by Gasteiger charge is 2.05. The van der Waals surface area contributed by atoms with E-state index in [0.29, 0.717) is 12.1 Å². The van der Waals surface area contributed by atoms with Crippen molar-refractivity contribution >= 4 is 22.6 Å². The van der Waals surface area contributed by atoms with Gasteiger partial charge in [0.05, 0.1) is 12.7 Å². The summed E-state index contributed by atoms with van der Waals surface area (Å²) in [6.45, 7) is 0.404. The van der Waals surface area contributed by atoms with E-state index in [9.17, 15) is 8.78 Å². The molecule has 1 aromatic heterocycles. The van der Waals surface area contributed by atoms with Crippen LogP contribution >= 0.6 is 22.6 Å². The smallest absolute Gasteiger partial charge is 0.159 e. The van der Waals surface area contributed by atoms with E-state index in [-0.39, 0.29) is 0 Å². The minimum atomic E-state index is -0.836. The van der Waals surface area contributed by atoms with Crippen LogP contribution in [0.1, 0.15) is 5.56 Å². The van der Waals surface area contributed by atoms with Gasteiger partial charge in [-0.3, -0.25) is 4.68 Å². The average molecular weight is 396 g/mol. The molecule has 0 fully saturated rings. The molecule has 0 radical (unpaired) electrons. The lowest BCUT2D eigenvalue weighted by Gasteiger charge is -2.02. The minimum Gasteiger partial charge on any atom is -0.268 e. The van der Waals surface area contributed by atoms with Gasteiger partial charge in [-0.15, -0.1) is 0 Å². The molecule has 3 rings (SSSR count). The van der Waals surface area contributed by atoms with Crippen molar-refractivity contribution in [3.8, 4) is 11.1 Å². The van der Waals surface area contributed by atoms with Crippen LogP contribution < -0.4 is 0 Å². The maximum Gasteiger partial charge on any atom is 0.159 e. The Morgan fingerprint density at radius 2 is 1.71 bits per heavy atom. The van der Waals surface area contributed by atoms with E-state index < -0.39 is 11.6 Å². The molecule has 106 valence electrons. The molecule has 3 aromatic rings. The van der Waals surface area contributed by atoms with Gasteiger partial charge >= 0.3 is 0 Å². The van der Waals surface area contributed by atoms with Gasteiger partial charge in [0, 0.05) is 15.3 Å². The molecule has 0 unspecified atom stereocenters. The quantitative estimate of drug-likeness (QED) is 0.597. The van der Waals surface area contributed by atoms with Gasteiger partial charge in [-0.25, -0.2) is 8.78 Å². The monoisotopic (exact) mass is 396 g/mol. The topological polar surface area (TPSA) is 17.8 Å². The molecule has 2 nitrogen and oxygen atoms in total. The molecule has 21 heavy (non-hydrogen) atoms. The third-order valence-corrected chi connectivity index (χ3v) is 3.86. The number of nitrogens with zero attached hydrogens (tertiary/aromatic N) is 2.